The van der Waals surface area contributed by atoms with Crippen molar-refractivity contribution in [3.63, 3.8) is 0 Å². The van der Waals surface area contributed by atoms with Gasteiger partial charge in [0, 0.05) is 23.9 Å². The maximum atomic E-state index is 12.5. The van der Waals surface area contributed by atoms with Crippen molar-refractivity contribution in [3.8, 4) is 0 Å². The van der Waals surface area contributed by atoms with E-state index in [1.807, 2.05) is 73.8 Å². The fraction of sp³-hybridized carbons (Fsp3) is 0.0556. The number of carbonyl (C=O) groups excluding carboxylic acids is 1. The molecule has 0 bridgehead atoms. The van der Waals surface area contributed by atoms with E-state index in [9.17, 15) is 4.79 Å². The summed E-state index contributed by atoms with van der Waals surface area (Å²) in [5, 5.41) is 5.28. The minimum absolute atomic E-state index is 0.0541. The normalized spacial score (nSPS) is 10.4. The van der Waals surface area contributed by atoms with Crippen LogP contribution in [0.15, 0.2) is 66.7 Å². The number of hydrogen-bond acceptors (Lipinski definition) is 2. The van der Waals surface area contributed by atoms with E-state index in [4.69, 9.17) is 0 Å². The van der Waals surface area contributed by atoms with Crippen molar-refractivity contribution in [2.75, 3.05) is 12.4 Å². The molecule has 0 aromatic heterocycles. The third kappa shape index (κ3) is 2.28. The van der Waals surface area contributed by atoms with E-state index in [0.717, 1.165) is 22.0 Å². The molecular formula is C18H15NO. The van der Waals surface area contributed by atoms with Crippen LogP contribution in [0.25, 0.3) is 10.8 Å². The third-order valence-corrected chi connectivity index (χ3v) is 3.45. The Hall–Kier alpha value is -2.61. The number of ketones is 1. The fourth-order valence-corrected chi connectivity index (χ4v) is 2.29. The molecule has 0 radical (unpaired) electrons. The molecule has 0 saturated heterocycles. The second-order valence-electron chi connectivity index (χ2n) is 4.72. The number of rotatable bonds is 3. The van der Waals surface area contributed by atoms with Gasteiger partial charge in [-0.2, -0.15) is 0 Å². The van der Waals surface area contributed by atoms with Gasteiger partial charge in [0.1, 0.15) is 0 Å². The lowest BCUT2D eigenvalue weighted by Crippen LogP contribution is -2.01. The first-order chi connectivity index (χ1) is 9.78. The largest absolute Gasteiger partial charge is 0.388 e. The Labute approximate surface area is 118 Å². The lowest BCUT2D eigenvalue weighted by molar-refractivity contribution is 0.103. The van der Waals surface area contributed by atoms with Gasteiger partial charge in [-0.05, 0) is 41.1 Å². The average Bonchev–Trinajstić information content (AvgIpc) is 2.54. The van der Waals surface area contributed by atoms with Gasteiger partial charge in [0.2, 0.25) is 0 Å². The van der Waals surface area contributed by atoms with E-state index >= 15 is 0 Å². The number of hydrogen-bond donors (Lipinski definition) is 1. The molecule has 3 rings (SSSR count). The molecule has 3 aromatic rings. The number of anilines is 1. The van der Waals surface area contributed by atoms with Crippen LogP contribution in [0.2, 0.25) is 0 Å². The second-order valence-corrected chi connectivity index (χ2v) is 4.72. The Morgan fingerprint density at radius 3 is 2.15 bits per heavy atom. The van der Waals surface area contributed by atoms with Crippen LogP contribution in [-0.2, 0) is 0 Å². The van der Waals surface area contributed by atoms with Crippen LogP contribution in [0, 0.1) is 0 Å². The molecule has 0 aliphatic carbocycles. The van der Waals surface area contributed by atoms with Gasteiger partial charge in [-0.15, -0.1) is 0 Å². The summed E-state index contributed by atoms with van der Waals surface area (Å²) >= 11 is 0. The van der Waals surface area contributed by atoms with Crippen molar-refractivity contribution in [1.82, 2.24) is 0 Å². The van der Waals surface area contributed by atoms with Gasteiger partial charge in [0.25, 0.3) is 0 Å². The third-order valence-electron chi connectivity index (χ3n) is 3.45. The first-order valence-corrected chi connectivity index (χ1v) is 6.59. The molecule has 0 aliphatic heterocycles. The predicted octanol–water partition coefficient (Wildman–Crippen LogP) is 4.11. The van der Waals surface area contributed by atoms with Gasteiger partial charge in [-0.1, -0.05) is 36.4 Å². The van der Waals surface area contributed by atoms with E-state index in [2.05, 4.69) is 5.32 Å². The molecule has 3 aromatic carbocycles. The van der Waals surface area contributed by atoms with Gasteiger partial charge < -0.3 is 5.32 Å². The zero-order valence-corrected chi connectivity index (χ0v) is 11.3. The molecule has 0 amide bonds. The standard InChI is InChI=1S/C18H15NO/c1-19-17-10-8-14(9-11-17)18(20)16-7-6-13-4-2-3-5-15(13)12-16/h2-12,19H,1H3. The Morgan fingerprint density at radius 2 is 1.45 bits per heavy atom. The van der Waals surface area contributed by atoms with Crippen LogP contribution in [0.1, 0.15) is 15.9 Å². The number of fused-ring (bicyclic) bond motifs is 1. The average molecular weight is 261 g/mol. The smallest absolute Gasteiger partial charge is 0.193 e. The SMILES string of the molecule is CNc1ccc(C(=O)c2ccc3ccccc3c2)cc1. The minimum Gasteiger partial charge on any atom is -0.388 e. The predicted molar refractivity (Wildman–Crippen MR) is 83.4 cm³/mol. The van der Waals surface area contributed by atoms with Crippen LogP contribution in [0.5, 0.6) is 0 Å². The minimum atomic E-state index is 0.0541. The topological polar surface area (TPSA) is 29.1 Å². The molecule has 2 nitrogen and oxygen atoms in total. The molecule has 0 heterocycles. The lowest BCUT2D eigenvalue weighted by atomic mass is 10.00. The Balaban J connectivity index is 1.98. The molecular weight excluding hydrogens is 246 g/mol. The first kappa shape index (κ1) is 12.4. The number of benzene rings is 3. The summed E-state index contributed by atoms with van der Waals surface area (Å²) < 4.78 is 0. The van der Waals surface area contributed by atoms with Gasteiger partial charge in [0.15, 0.2) is 5.78 Å². The van der Waals surface area contributed by atoms with Crippen molar-refractivity contribution < 1.29 is 4.79 Å². The summed E-state index contributed by atoms with van der Waals surface area (Å²) in [5.74, 6) is 0.0541. The van der Waals surface area contributed by atoms with Crippen LogP contribution in [0.4, 0.5) is 5.69 Å². The zero-order chi connectivity index (χ0) is 13.9. The molecule has 0 atom stereocenters. The van der Waals surface area contributed by atoms with Crippen molar-refractivity contribution in [2.45, 2.75) is 0 Å². The van der Waals surface area contributed by atoms with Crippen LogP contribution >= 0.6 is 0 Å². The molecule has 20 heavy (non-hydrogen) atoms. The van der Waals surface area contributed by atoms with E-state index in [0.29, 0.717) is 5.56 Å². The molecule has 0 fully saturated rings. The van der Waals surface area contributed by atoms with Gasteiger partial charge in [-0.25, -0.2) is 0 Å². The van der Waals surface area contributed by atoms with E-state index < -0.39 is 0 Å². The summed E-state index contributed by atoms with van der Waals surface area (Å²) in [6.07, 6.45) is 0. The summed E-state index contributed by atoms with van der Waals surface area (Å²) in [6.45, 7) is 0. The highest BCUT2D eigenvalue weighted by Gasteiger charge is 2.09. The highest BCUT2D eigenvalue weighted by Crippen LogP contribution is 2.19. The highest BCUT2D eigenvalue weighted by atomic mass is 16.1. The van der Waals surface area contributed by atoms with Gasteiger partial charge >= 0.3 is 0 Å². The maximum absolute atomic E-state index is 12.5. The number of carbonyl (C=O) groups is 1. The molecule has 0 aliphatic rings. The molecule has 2 heteroatoms. The zero-order valence-electron chi connectivity index (χ0n) is 11.3. The van der Waals surface area contributed by atoms with Crippen molar-refractivity contribution in [2.24, 2.45) is 0 Å². The second kappa shape index (κ2) is 5.17. The summed E-state index contributed by atoms with van der Waals surface area (Å²) in [4.78, 5) is 12.5. The van der Waals surface area contributed by atoms with Crippen LogP contribution < -0.4 is 5.32 Å². The summed E-state index contributed by atoms with van der Waals surface area (Å²) in [5.41, 5.74) is 2.43. The maximum Gasteiger partial charge on any atom is 0.193 e. The van der Waals surface area contributed by atoms with E-state index in [1.54, 1.807) is 0 Å². The van der Waals surface area contributed by atoms with Crippen LogP contribution in [-0.4, -0.2) is 12.8 Å². The molecule has 0 spiro atoms. The molecule has 98 valence electrons. The lowest BCUT2D eigenvalue weighted by Gasteiger charge is -2.05. The highest BCUT2D eigenvalue weighted by molar-refractivity contribution is 6.10. The molecule has 0 unspecified atom stereocenters. The molecule has 1 N–H and O–H groups in total. The Kier molecular flexibility index (Phi) is 3.21. The van der Waals surface area contributed by atoms with Crippen molar-refractivity contribution >= 4 is 22.2 Å². The quantitative estimate of drug-likeness (QED) is 0.719. The van der Waals surface area contributed by atoms with Crippen molar-refractivity contribution in [3.05, 3.63) is 77.9 Å². The summed E-state index contributed by atoms with van der Waals surface area (Å²) in [6, 6.07) is 21.4. The van der Waals surface area contributed by atoms with Crippen molar-refractivity contribution in [1.29, 1.82) is 0 Å². The first-order valence-electron chi connectivity index (χ1n) is 6.59. The van der Waals surface area contributed by atoms with Gasteiger partial charge in [-0.3, -0.25) is 4.79 Å². The summed E-state index contributed by atoms with van der Waals surface area (Å²) in [7, 11) is 1.86. The fourth-order valence-electron chi connectivity index (χ4n) is 2.29. The van der Waals surface area contributed by atoms with E-state index in [-0.39, 0.29) is 5.78 Å². The monoisotopic (exact) mass is 261 g/mol. The number of nitrogens with one attached hydrogen (secondary N) is 1. The van der Waals surface area contributed by atoms with Gasteiger partial charge in [0.05, 0.1) is 0 Å². The Morgan fingerprint density at radius 1 is 0.800 bits per heavy atom. The van der Waals surface area contributed by atoms with Crippen LogP contribution in [0.3, 0.4) is 0 Å². The van der Waals surface area contributed by atoms with E-state index in [1.165, 1.54) is 0 Å². The molecule has 0 saturated carbocycles. The Bertz CT molecular complexity index is 760.